The molecule has 3 aliphatic rings. The summed E-state index contributed by atoms with van der Waals surface area (Å²) in [5, 5.41) is 16.1. The van der Waals surface area contributed by atoms with Crippen LogP contribution in [0.1, 0.15) is 48.7 Å². The molecule has 5 unspecified atom stereocenters. The first-order chi connectivity index (χ1) is 14.9. The maximum Gasteiger partial charge on any atom is 0.255 e. The fourth-order valence-corrected chi connectivity index (χ4v) is 6.25. The minimum Gasteiger partial charge on any atom is -0.391 e. The van der Waals surface area contributed by atoms with E-state index in [4.69, 9.17) is 4.98 Å². The number of aromatic nitrogens is 3. The topological polar surface area (TPSA) is 71.2 Å². The lowest BCUT2D eigenvalue weighted by atomic mass is 9.88. The zero-order valence-electron chi connectivity index (χ0n) is 18.2. The van der Waals surface area contributed by atoms with Crippen LogP contribution in [-0.2, 0) is 0 Å². The quantitative estimate of drug-likeness (QED) is 0.704. The van der Waals surface area contributed by atoms with Gasteiger partial charge in [-0.15, -0.1) is 0 Å². The summed E-state index contributed by atoms with van der Waals surface area (Å²) in [4.78, 5) is 20.7. The second-order valence-corrected chi connectivity index (χ2v) is 9.94. The number of hydrogen-bond acceptors (Lipinski definition) is 4. The van der Waals surface area contributed by atoms with Crippen molar-refractivity contribution in [2.24, 2.45) is 17.8 Å². The first kappa shape index (κ1) is 19.0. The van der Waals surface area contributed by atoms with Crippen LogP contribution in [0.25, 0.3) is 22.3 Å². The van der Waals surface area contributed by atoms with E-state index in [1.807, 2.05) is 15.6 Å². The Morgan fingerprint density at radius 2 is 1.94 bits per heavy atom. The van der Waals surface area contributed by atoms with Crippen molar-refractivity contribution in [3.63, 3.8) is 0 Å². The summed E-state index contributed by atoms with van der Waals surface area (Å²) in [5.74, 6) is 1.36. The molecule has 6 heteroatoms. The third kappa shape index (κ3) is 2.70. The number of pyridine rings is 1. The van der Waals surface area contributed by atoms with E-state index in [1.54, 1.807) is 6.20 Å². The van der Waals surface area contributed by atoms with Crippen molar-refractivity contribution < 1.29 is 9.90 Å². The van der Waals surface area contributed by atoms with Crippen molar-refractivity contribution in [1.29, 1.82) is 0 Å². The molecular weight excluding hydrogens is 388 g/mol. The minimum absolute atomic E-state index is 0.00293. The Bertz CT molecular complexity index is 1180. The summed E-state index contributed by atoms with van der Waals surface area (Å²) in [5.41, 5.74) is 4.34. The van der Waals surface area contributed by atoms with Crippen LogP contribution in [0.2, 0.25) is 0 Å². The summed E-state index contributed by atoms with van der Waals surface area (Å²) >= 11 is 0. The third-order valence-corrected chi connectivity index (χ3v) is 7.74. The minimum atomic E-state index is -0.389. The highest BCUT2D eigenvalue weighted by Gasteiger charge is 2.60. The van der Waals surface area contributed by atoms with Crippen molar-refractivity contribution in [1.82, 2.24) is 19.7 Å². The molecule has 2 aliphatic carbocycles. The number of hydrogen-bond donors (Lipinski definition) is 1. The van der Waals surface area contributed by atoms with Gasteiger partial charge < -0.3 is 10.0 Å². The molecule has 1 N–H and O–H groups in total. The molecule has 6 rings (SSSR count). The molecule has 3 heterocycles. The van der Waals surface area contributed by atoms with E-state index in [0.29, 0.717) is 23.3 Å². The molecule has 2 saturated carbocycles. The van der Waals surface area contributed by atoms with Crippen LogP contribution < -0.4 is 0 Å². The molecule has 2 bridgehead atoms. The van der Waals surface area contributed by atoms with E-state index in [9.17, 15) is 9.90 Å². The Balaban J connectivity index is 1.49. The van der Waals surface area contributed by atoms with Gasteiger partial charge in [-0.3, -0.25) is 4.79 Å². The Morgan fingerprint density at radius 3 is 2.65 bits per heavy atom. The van der Waals surface area contributed by atoms with Crippen LogP contribution in [0.5, 0.6) is 0 Å². The maximum atomic E-state index is 13.9. The van der Waals surface area contributed by atoms with Gasteiger partial charge in [-0.05, 0) is 57.4 Å². The Morgan fingerprint density at radius 1 is 1.16 bits per heavy atom. The van der Waals surface area contributed by atoms with Crippen molar-refractivity contribution in [2.45, 2.75) is 51.8 Å². The second-order valence-electron chi connectivity index (χ2n) is 9.94. The smallest absolute Gasteiger partial charge is 0.255 e. The van der Waals surface area contributed by atoms with Crippen LogP contribution >= 0.6 is 0 Å². The fourth-order valence-electron chi connectivity index (χ4n) is 6.25. The summed E-state index contributed by atoms with van der Waals surface area (Å²) in [6, 6.07) is 10.2. The lowest BCUT2D eigenvalue weighted by Gasteiger charge is -2.29. The molecule has 3 aromatic rings. The van der Waals surface area contributed by atoms with Crippen molar-refractivity contribution in [3.05, 3.63) is 47.7 Å². The molecule has 3 fully saturated rings. The number of amides is 1. The number of aryl methyl sites for hydroxylation is 1. The number of aliphatic hydroxyl groups is 1. The van der Waals surface area contributed by atoms with Crippen LogP contribution in [-0.4, -0.2) is 49.4 Å². The van der Waals surface area contributed by atoms with Gasteiger partial charge >= 0.3 is 0 Å². The van der Waals surface area contributed by atoms with Gasteiger partial charge in [0.25, 0.3) is 5.91 Å². The Kier molecular flexibility index (Phi) is 4.06. The van der Waals surface area contributed by atoms with E-state index in [0.717, 1.165) is 41.7 Å². The Hall–Kier alpha value is -2.73. The summed E-state index contributed by atoms with van der Waals surface area (Å²) < 4.78 is 1.89. The van der Waals surface area contributed by atoms with Gasteiger partial charge in [0, 0.05) is 18.2 Å². The monoisotopic (exact) mass is 416 g/mol. The molecule has 1 aromatic carbocycles. The first-order valence-electron chi connectivity index (χ1n) is 11.4. The van der Waals surface area contributed by atoms with Gasteiger partial charge in [0.1, 0.15) is 0 Å². The molecule has 31 heavy (non-hydrogen) atoms. The van der Waals surface area contributed by atoms with Crippen LogP contribution in [0, 0.1) is 24.7 Å². The van der Waals surface area contributed by atoms with Gasteiger partial charge in [0.2, 0.25) is 0 Å². The predicted molar refractivity (Wildman–Crippen MR) is 119 cm³/mol. The molecule has 1 saturated heterocycles. The fraction of sp³-hybridized carbons (Fsp3) is 0.480. The lowest BCUT2D eigenvalue weighted by Crippen LogP contribution is -2.43. The number of benzene rings is 1. The van der Waals surface area contributed by atoms with Crippen molar-refractivity contribution in [3.8, 4) is 11.3 Å². The molecule has 1 aliphatic heterocycles. The number of fused-ring (bicyclic) bond motifs is 2. The van der Waals surface area contributed by atoms with E-state index in [1.165, 1.54) is 5.56 Å². The van der Waals surface area contributed by atoms with Crippen LogP contribution in [0.15, 0.2) is 36.5 Å². The van der Waals surface area contributed by atoms with E-state index >= 15 is 0 Å². The second kappa shape index (κ2) is 6.63. The number of rotatable bonds is 3. The number of nitrogens with zero attached hydrogens (tertiary/aromatic N) is 4. The highest BCUT2D eigenvalue weighted by Crippen LogP contribution is 2.55. The lowest BCUT2D eigenvalue weighted by molar-refractivity contribution is 0.0403. The van der Waals surface area contributed by atoms with E-state index < -0.39 is 0 Å². The SMILES string of the molecule is Cc1ccc(-c2cc(C(=O)N3CC4CC5CC4C3C5O)c3cnn(C(C)C)c3n2)cc1. The van der Waals surface area contributed by atoms with Gasteiger partial charge in [0.15, 0.2) is 5.65 Å². The first-order valence-corrected chi connectivity index (χ1v) is 11.4. The highest BCUT2D eigenvalue weighted by molar-refractivity contribution is 6.06. The summed E-state index contributed by atoms with van der Waals surface area (Å²) in [6.07, 6.45) is 3.50. The van der Waals surface area contributed by atoms with Crippen LogP contribution in [0.4, 0.5) is 0 Å². The maximum absolute atomic E-state index is 13.9. The average molecular weight is 417 g/mol. The molecule has 0 radical (unpaired) electrons. The molecule has 2 aromatic heterocycles. The van der Waals surface area contributed by atoms with Crippen LogP contribution in [0.3, 0.4) is 0 Å². The number of aliphatic hydroxyl groups excluding tert-OH is 1. The van der Waals surface area contributed by atoms with Crippen molar-refractivity contribution >= 4 is 16.9 Å². The molecule has 6 nitrogen and oxygen atoms in total. The van der Waals surface area contributed by atoms with Gasteiger partial charge in [0.05, 0.1) is 35.0 Å². The van der Waals surface area contributed by atoms with E-state index in [2.05, 4.69) is 50.1 Å². The van der Waals surface area contributed by atoms with Gasteiger partial charge in [-0.2, -0.15) is 5.10 Å². The molecule has 1 amide bonds. The third-order valence-electron chi connectivity index (χ3n) is 7.74. The van der Waals surface area contributed by atoms with Gasteiger partial charge in [-0.1, -0.05) is 29.8 Å². The molecule has 160 valence electrons. The van der Waals surface area contributed by atoms with E-state index in [-0.39, 0.29) is 24.1 Å². The van der Waals surface area contributed by atoms with Crippen molar-refractivity contribution in [2.75, 3.05) is 6.54 Å². The number of likely N-dealkylation sites (tertiary alicyclic amines) is 1. The molecule has 5 atom stereocenters. The zero-order valence-corrected chi connectivity index (χ0v) is 18.2. The average Bonchev–Trinajstić information content (AvgIpc) is 3.48. The normalized spacial score (nSPS) is 28.9. The Labute approximate surface area is 181 Å². The highest BCUT2D eigenvalue weighted by atomic mass is 16.3. The standard InChI is InChI=1S/C25H28N4O2/c1-13(2)29-24-20(11-26-29)19(10-21(27-24)15-6-4-14(3)5-7-15)25(31)28-12-17-8-16-9-18(17)22(28)23(16)30/h4-7,10-11,13,16-18,22-23,30H,8-9,12H2,1-3H3. The summed E-state index contributed by atoms with van der Waals surface area (Å²) in [7, 11) is 0. The molecular formula is C25H28N4O2. The predicted octanol–water partition coefficient (Wildman–Crippen LogP) is 3.83. The van der Waals surface area contributed by atoms with Gasteiger partial charge in [-0.25, -0.2) is 9.67 Å². The largest absolute Gasteiger partial charge is 0.391 e. The number of carbonyl (C=O) groups is 1. The molecule has 0 spiro atoms. The zero-order chi connectivity index (χ0) is 21.4. The number of carbonyl (C=O) groups excluding carboxylic acids is 1. The summed E-state index contributed by atoms with van der Waals surface area (Å²) in [6.45, 7) is 6.96.